The summed E-state index contributed by atoms with van der Waals surface area (Å²) in [6.45, 7) is 10.2. The molecule has 29 heavy (non-hydrogen) atoms. The highest BCUT2D eigenvalue weighted by atomic mass is 16.2. The highest BCUT2D eigenvalue weighted by molar-refractivity contribution is 6.07. The number of benzene rings is 3. The van der Waals surface area contributed by atoms with E-state index in [1.54, 1.807) is 36.4 Å². The summed E-state index contributed by atoms with van der Waals surface area (Å²) in [6, 6.07) is 16.2. The van der Waals surface area contributed by atoms with Gasteiger partial charge in [0.1, 0.15) is 0 Å². The van der Waals surface area contributed by atoms with Crippen molar-refractivity contribution in [3.63, 3.8) is 0 Å². The lowest BCUT2D eigenvalue weighted by Gasteiger charge is -2.18. The predicted octanol–water partition coefficient (Wildman–Crippen LogP) is 5.73. The predicted molar refractivity (Wildman–Crippen MR) is 119 cm³/mol. The molecule has 0 heterocycles. The second-order valence-electron chi connectivity index (χ2n) is 7.35. The normalized spacial score (nSPS) is 10.5. The summed E-state index contributed by atoms with van der Waals surface area (Å²) < 4.78 is 0. The zero-order valence-electron chi connectivity index (χ0n) is 17.5. The van der Waals surface area contributed by atoms with Gasteiger partial charge in [0.2, 0.25) is 0 Å². The van der Waals surface area contributed by atoms with E-state index < -0.39 is 0 Å². The lowest BCUT2D eigenvalue weighted by Crippen LogP contribution is -2.17. The van der Waals surface area contributed by atoms with E-state index in [9.17, 15) is 9.59 Å². The van der Waals surface area contributed by atoms with Gasteiger partial charge in [0, 0.05) is 22.5 Å². The van der Waals surface area contributed by atoms with E-state index >= 15 is 0 Å². The first kappa shape index (κ1) is 20.3. The Hall–Kier alpha value is -3.40. The second kappa shape index (κ2) is 8.31. The Morgan fingerprint density at radius 3 is 1.45 bits per heavy atom. The summed E-state index contributed by atoms with van der Waals surface area (Å²) in [5.74, 6) is -0.286. The maximum absolute atomic E-state index is 12.9. The number of carbonyl (C=O) groups is 2. The third kappa shape index (κ3) is 4.21. The first-order chi connectivity index (χ1) is 13.8. The minimum atomic E-state index is -0.167. The number of nitrogens with one attached hydrogen (secondary N) is 2. The fourth-order valence-electron chi connectivity index (χ4n) is 3.46. The van der Waals surface area contributed by atoms with E-state index in [-0.39, 0.29) is 11.8 Å². The van der Waals surface area contributed by atoms with Crippen LogP contribution in [-0.4, -0.2) is 11.8 Å². The molecule has 0 spiro atoms. The van der Waals surface area contributed by atoms with Crippen LogP contribution in [0.4, 0.5) is 11.4 Å². The van der Waals surface area contributed by atoms with Crippen molar-refractivity contribution in [1.82, 2.24) is 0 Å². The fraction of sp³-hybridized carbons (Fsp3) is 0.200. The van der Waals surface area contributed by atoms with Crippen molar-refractivity contribution in [2.75, 3.05) is 10.6 Å². The van der Waals surface area contributed by atoms with Crippen LogP contribution in [0.2, 0.25) is 0 Å². The van der Waals surface area contributed by atoms with Gasteiger partial charge in [0.25, 0.3) is 11.8 Å². The Kier molecular flexibility index (Phi) is 5.83. The van der Waals surface area contributed by atoms with Gasteiger partial charge in [-0.2, -0.15) is 0 Å². The number of rotatable bonds is 4. The molecule has 148 valence electrons. The van der Waals surface area contributed by atoms with Crippen molar-refractivity contribution in [2.45, 2.75) is 34.6 Å². The molecular formula is C25H26N2O2. The van der Waals surface area contributed by atoms with Crippen molar-refractivity contribution in [1.29, 1.82) is 0 Å². The molecule has 4 heteroatoms. The van der Waals surface area contributed by atoms with Crippen LogP contribution < -0.4 is 10.6 Å². The van der Waals surface area contributed by atoms with E-state index in [2.05, 4.69) is 31.4 Å². The van der Waals surface area contributed by atoms with Crippen LogP contribution in [-0.2, 0) is 0 Å². The summed E-state index contributed by atoms with van der Waals surface area (Å²) in [5.41, 5.74) is 8.23. The number of amides is 2. The standard InChI is InChI=1S/C25H26N2O2/c1-15-16(2)18(4)23(19(5)17(15)3)25(29)27-22-13-11-21(12-14-22)26-24(28)20-9-7-6-8-10-20/h6-14H,1-5H3,(H,26,28)(H,27,29). The van der Waals surface area contributed by atoms with Gasteiger partial charge in [-0.3, -0.25) is 9.59 Å². The van der Waals surface area contributed by atoms with Crippen molar-refractivity contribution >= 4 is 23.2 Å². The molecule has 0 saturated heterocycles. The van der Waals surface area contributed by atoms with Gasteiger partial charge < -0.3 is 10.6 Å². The molecule has 0 radical (unpaired) electrons. The molecule has 0 unspecified atom stereocenters. The molecule has 0 aliphatic carbocycles. The van der Waals surface area contributed by atoms with Gasteiger partial charge in [0.15, 0.2) is 0 Å². The molecule has 3 aromatic rings. The minimum absolute atomic E-state index is 0.118. The largest absolute Gasteiger partial charge is 0.322 e. The average Bonchev–Trinajstić information content (AvgIpc) is 2.73. The summed E-state index contributed by atoms with van der Waals surface area (Å²) in [6.07, 6.45) is 0. The third-order valence-electron chi connectivity index (χ3n) is 5.66. The third-order valence-corrected chi connectivity index (χ3v) is 5.66. The molecule has 0 bridgehead atoms. The van der Waals surface area contributed by atoms with Crippen LogP contribution in [0.3, 0.4) is 0 Å². The summed E-state index contributed by atoms with van der Waals surface area (Å²) in [7, 11) is 0. The van der Waals surface area contributed by atoms with Crippen LogP contribution in [0.25, 0.3) is 0 Å². The van der Waals surface area contributed by atoms with Gasteiger partial charge in [0.05, 0.1) is 0 Å². The van der Waals surface area contributed by atoms with E-state index in [0.717, 1.165) is 27.8 Å². The topological polar surface area (TPSA) is 58.2 Å². The minimum Gasteiger partial charge on any atom is -0.322 e. The van der Waals surface area contributed by atoms with Crippen molar-refractivity contribution in [3.8, 4) is 0 Å². The first-order valence-corrected chi connectivity index (χ1v) is 9.64. The highest BCUT2D eigenvalue weighted by Crippen LogP contribution is 2.27. The zero-order chi connectivity index (χ0) is 21.1. The van der Waals surface area contributed by atoms with Crippen molar-refractivity contribution < 1.29 is 9.59 Å². The second-order valence-corrected chi connectivity index (χ2v) is 7.35. The number of anilines is 2. The van der Waals surface area contributed by atoms with Gasteiger partial charge >= 0.3 is 0 Å². The number of hydrogen-bond acceptors (Lipinski definition) is 2. The van der Waals surface area contributed by atoms with Crippen LogP contribution in [0.15, 0.2) is 54.6 Å². The molecule has 0 saturated carbocycles. The van der Waals surface area contributed by atoms with Crippen LogP contribution in [0.5, 0.6) is 0 Å². The van der Waals surface area contributed by atoms with E-state index in [1.165, 1.54) is 5.56 Å². The first-order valence-electron chi connectivity index (χ1n) is 9.64. The Labute approximate surface area is 172 Å². The number of hydrogen-bond donors (Lipinski definition) is 2. The summed E-state index contributed by atoms with van der Waals surface area (Å²) in [5, 5.41) is 5.83. The van der Waals surface area contributed by atoms with Gasteiger partial charge in [-0.1, -0.05) is 18.2 Å². The molecule has 2 amide bonds. The Morgan fingerprint density at radius 2 is 0.966 bits per heavy atom. The average molecular weight is 386 g/mol. The smallest absolute Gasteiger partial charge is 0.256 e. The van der Waals surface area contributed by atoms with E-state index in [0.29, 0.717) is 16.9 Å². The Balaban J connectivity index is 1.75. The van der Waals surface area contributed by atoms with Crippen molar-refractivity contribution in [3.05, 3.63) is 93.5 Å². The molecule has 0 aliphatic rings. The Morgan fingerprint density at radius 1 is 0.552 bits per heavy atom. The SMILES string of the molecule is Cc1c(C)c(C)c(C(=O)Nc2ccc(NC(=O)c3ccccc3)cc2)c(C)c1C. The van der Waals surface area contributed by atoms with Crippen LogP contribution >= 0.6 is 0 Å². The van der Waals surface area contributed by atoms with E-state index in [1.807, 2.05) is 32.0 Å². The lowest BCUT2D eigenvalue weighted by molar-refractivity contribution is 0.101. The lowest BCUT2D eigenvalue weighted by atomic mass is 9.89. The van der Waals surface area contributed by atoms with Gasteiger partial charge in [-0.25, -0.2) is 0 Å². The van der Waals surface area contributed by atoms with Crippen LogP contribution in [0, 0.1) is 34.6 Å². The van der Waals surface area contributed by atoms with Crippen LogP contribution in [0.1, 0.15) is 48.5 Å². The Bertz CT molecular complexity index is 1040. The molecule has 2 N–H and O–H groups in total. The fourth-order valence-corrected chi connectivity index (χ4v) is 3.46. The summed E-state index contributed by atoms with van der Waals surface area (Å²) in [4.78, 5) is 25.2. The molecule has 0 fully saturated rings. The highest BCUT2D eigenvalue weighted by Gasteiger charge is 2.18. The van der Waals surface area contributed by atoms with Crippen molar-refractivity contribution in [2.24, 2.45) is 0 Å². The summed E-state index contributed by atoms with van der Waals surface area (Å²) >= 11 is 0. The zero-order valence-corrected chi connectivity index (χ0v) is 17.5. The van der Waals surface area contributed by atoms with Gasteiger partial charge in [-0.05, 0) is 98.8 Å². The quantitative estimate of drug-likeness (QED) is 0.601. The monoisotopic (exact) mass is 386 g/mol. The van der Waals surface area contributed by atoms with E-state index in [4.69, 9.17) is 0 Å². The molecule has 3 rings (SSSR count). The number of carbonyl (C=O) groups excluding carboxylic acids is 2. The molecule has 4 nitrogen and oxygen atoms in total. The molecular weight excluding hydrogens is 360 g/mol. The molecule has 0 aromatic heterocycles. The molecule has 0 aliphatic heterocycles. The maximum atomic E-state index is 12.9. The molecule has 0 atom stereocenters. The molecule has 3 aromatic carbocycles. The maximum Gasteiger partial charge on any atom is 0.256 e. The van der Waals surface area contributed by atoms with Gasteiger partial charge in [-0.15, -0.1) is 0 Å².